The summed E-state index contributed by atoms with van der Waals surface area (Å²) in [6.45, 7) is 1.97. The Labute approximate surface area is 162 Å². The van der Waals surface area contributed by atoms with Crippen LogP contribution in [0, 0.1) is 5.41 Å². The molecule has 2 aromatic heterocycles. The number of aliphatic carboxylic acids is 1. The number of hydrogen-bond acceptors (Lipinski definition) is 5. The van der Waals surface area contributed by atoms with E-state index in [0.29, 0.717) is 25.0 Å². The maximum atomic E-state index is 11.9. The Morgan fingerprint density at radius 3 is 2.71 bits per heavy atom. The molecule has 3 aromatic rings. The summed E-state index contributed by atoms with van der Waals surface area (Å²) in [5, 5.41) is 26.6. The molecule has 8 nitrogen and oxygen atoms in total. The Balaban J connectivity index is 1.52. The lowest BCUT2D eigenvalue weighted by atomic mass is 9.74. The molecule has 2 unspecified atom stereocenters. The zero-order valence-corrected chi connectivity index (χ0v) is 15.6. The van der Waals surface area contributed by atoms with Gasteiger partial charge in [-0.2, -0.15) is 0 Å². The number of para-hydroxylation sites is 1. The average Bonchev–Trinajstić information content (AvgIpc) is 3.39. The summed E-state index contributed by atoms with van der Waals surface area (Å²) >= 11 is 0. The van der Waals surface area contributed by atoms with E-state index in [2.05, 4.69) is 20.6 Å². The zero-order valence-electron chi connectivity index (χ0n) is 15.6. The van der Waals surface area contributed by atoms with Gasteiger partial charge in [-0.05, 0) is 38.3 Å². The lowest BCUT2D eigenvalue weighted by Gasteiger charge is -2.29. The zero-order chi connectivity index (χ0) is 19.6. The highest BCUT2D eigenvalue weighted by atomic mass is 16.4. The van der Waals surface area contributed by atoms with Gasteiger partial charge in [0.2, 0.25) is 0 Å². The number of carboxylic acids is 1. The minimum Gasteiger partial charge on any atom is -0.481 e. The number of carbonyl (C=O) groups is 1. The molecule has 4 rings (SSSR count). The van der Waals surface area contributed by atoms with Crippen molar-refractivity contribution in [1.82, 2.24) is 30.0 Å². The van der Waals surface area contributed by atoms with Crippen LogP contribution >= 0.6 is 0 Å². The van der Waals surface area contributed by atoms with Crippen molar-refractivity contribution in [3.8, 4) is 5.69 Å². The van der Waals surface area contributed by atoms with Crippen LogP contribution in [0.2, 0.25) is 0 Å². The first-order valence-corrected chi connectivity index (χ1v) is 9.34. The molecular formula is C20H22N6O2. The lowest BCUT2D eigenvalue weighted by molar-refractivity contribution is -0.149. The largest absolute Gasteiger partial charge is 0.481 e. The van der Waals surface area contributed by atoms with Gasteiger partial charge < -0.3 is 5.11 Å². The predicted molar refractivity (Wildman–Crippen MR) is 102 cm³/mol. The normalized spacial score (nSPS) is 20.2. The summed E-state index contributed by atoms with van der Waals surface area (Å²) in [6, 6.07) is 9.60. The Morgan fingerprint density at radius 1 is 1.18 bits per heavy atom. The molecule has 2 atom stereocenters. The fourth-order valence-electron chi connectivity index (χ4n) is 3.56. The molecule has 0 bridgehead atoms. The number of hydrogen-bond donors (Lipinski definition) is 1. The third-order valence-corrected chi connectivity index (χ3v) is 5.35. The van der Waals surface area contributed by atoms with E-state index in [4.69, 9.17) is 0 Å². The minimum atomic E-state index is -0.796. The van der Waals surface area contributed by atoms with Crippen LogP contribution in [0.25, 0.3) is 5.69 Å². The van der Waals surface area contributed by atoms with Crippen LogP contribution in [0.3, 0.4) is 0 Å². The van der Waals surface area contributed by atoms with E-state index in [0.717, 1.165) is 17.8 Å². The van der Waals surface area contributed by atoms with Crippen LogP contribution in [-0.4, -0.2) is 41.1 Å². The number of aromatic nitrogens is 6. The Kier molecular flexibility index (Phi) is 4.77. The molecule has 0 fully saturated rings. The van der Waals surface area contributed by atoms with Crippen molar-refractivity contribution >= 4 is 5.97 Å². The van der Waals surface area contributed by atoms with Gasteiger partial charge in [-0.1, -0.05) is 40.8 Å². The highest BCUT2D eigenvalue weighted by Crippen LogP contribution is 2.36. The highest BCUT2D eigenvalue weighted by molar-refractivity contribution is 5.75. The molecule has 1 N–H and O–H groups in total. The molecule has 1 aromatic carbocycles. The summed E-state index contributed by atoms with van der Waals surface area (Å²) in [4.78, 5) is 11.9. The molecule has 0 spiro atoms. The second-order valence-electron chi connectivity index (χ2n) is 7.27. The topological polar surface area (TPSA) is 98.7 Å². The van der Waals surface area contributed by atoms with Crippen LogP contribution in [0.5, 0.6) is 0 Å². The first kappa shape index (κ1) is 18.1. The average molecular weight is 378 g/mol. The number of benzene rings is 1. The van der Waals surface area contributed by atoms with E-state index < -0.39 is 11.4 Å². The third kappa shape index (κ3) is 3.45. The molecule has 1 aliphatic rings. The van der Waals surface area contributed by atoms with E-state index in [-0.39, 0.29) is 6.04 Å². The molecular weight excluding hydrogens is 356 g/mol. The van der Waals surface area contributed by atoms with Crippen molar-refractivity contribution in [1.29, 1.82) is 0 Å². The Morgan fingerprint density at radius 2 is 2.00 bits per heavy atom. The maximum absolute atomic E-state index is 11.9. The smallest absolute Gasteiger partial charge is 0.310 e. The van der Waals surface area contributed by atoms with Gasteiger partial charge in [0.25, 0.3) is 0 Å². The minimum absolute atomic E-state index is 0.161. The van der Waals surface area contributed by atoms with Gasteiger partial charge in [-0.25, -0.2) is 9.36 Å². The Bertz CT molecular complexity index is 993. The fourth-order valence-corrected chi connectivity index (χ4v) is 3.56. The quantitative estimate of drug-likeness (QED) is 0.662. The summed E-state index contributed by atoms with van der Waals surface area (Å²) in [5.41, 5.74) is 1.57. The highest BCUT2D eigenvalue weighted by Gasteiger charge is 2.39. The summed E-state index contributed by atoms with van der Waals surface area (Å²) < 4.78 is 3.43. The van der Waals surface area contributed by atoms with E-state index in [1.807, 2.05) is 61.8 Å². The molecule has 8 heteroatoms. The Hall–Kier alpha value is -3.29. The van der Waals surface area contributed by atoms with Crippen molar-refractivity contribution in [2.45, 2.75) is 38.6 Å². The number of carboxylic acid groups (broad SMARTS) is 1. The van der Waals surface area contributed by atoms with Crippen molar-refractivity contribution in [3.63, 3.8) is 0 Å². The van der Waals surface area contributed by atoms with Gasteiger partial charge >= 0.3 is 5.97 Å². The van der Waals surface area contributed by atoms with Gasteiger partial charge in [-0.3, -0.25) is 4.79 Å². The van der Waals surface area contributed by atoms with Crippen LogP contribution in [0.15, 0.2) is 54.9 Å². The van der Waals surface area contributed by atoms with Gasteiger partial charge in [0.15, 0.2) is 0 Å². The van der Waals surface area contributed by atoms with Crippen LogP contribution in [0.1, 0.15) is 43.6 Å². The fraction of sp³-hybridized carbons (Fsp3) is 0.350. The van der Waals surface area contributed by atoms with Crippen molar-refractivity contribution in [3.05, 3.63) is 66.3 Å². The molecule has 144 valence electrons. The molecule has 0 radical (unpaired) electrons. The number of rotatable bonds is 6. The summed E-state index contributed by atoms with van der Waals surface area (Å²) in [6.07, 6.45) is 9.96. The third-order valence-electron chi connectivity index (χ3n) is 5.35. The molecule has 0 amide bonds. The van der Waals surface area contributed by atoms with Crippen molar-refractivity contribution < 1.29 is 9.90 Å². The molecule has 2 heterocycles. The summed E-state index contributed by atoms with van der Waals surface area (Å²) in [7, 11) is 0. The molecule has 0 saturated carbocycles. The van der Waals surface area contributed by atoms with Gasteiger partial charge in [-0.15, -0.1) is 10.2 Å². The second-order valence-corrected chi connectivity index (χ2v) is 7.27. The second kappa shape index (κ2) is 7.38. The van der Waals surface area contributed by atoms with Crippen LogP contribution < -0.4 is 0 Å². The van der Waals surface area contributed by atoms with Gasteiger partial charge in [0, 0.05) is 12.6 Å². The maximum Gasteiger partial charge on any atom is 0.310 e. The first-order chi connectivity index (χ1) is 13.6. The van der Waals surface area contributed by atoms with Crippen LogP contribution in [0.4, 0.5) is 0 Å². The van der Waals surface area contributed by atoms with Gasteiger partial charge in [0.05, 0.1) is 29.0 Å². The molecule has 0 aliphatic heterocycles. The molecule has 0 saturated heterocycles. The molecule has 1 aliphatic carbocycles. The number of nitrogens with zero attached hydrogens (tertiary/aromatic N) is 6. The first-order valence-electron chi connectivity index (χ1n) is 9.34. The van der Waals surface area contributed by atoms with Gasteiger partial charge in [0.1, 0.15) is 5.69 Å². The van der Waals surface area contributed by atoms with Crippen molar-refractivity contribution in [2.75, 3.05) is 0 Å². The van der Waals surface area contributed by atoms with Crippen molar-refractivity contribution in [2.24, 2.45) is 5.41 Å². The monoisotopic (exact) mass is 378 g/mol. The standard InChI is InChI=1S/C20H22N6O2/c1-15(18-14-26(24-22-18)17-8-4-2-5-9-17)25-13-16(21-23-25)12-20(19(27)28)10-6-3-7-11-20/h2-6,8-9,13-15H,7,10-12H2,1H3,(H,27,28). The van der Waals surface area contributed by atoms with E-state index in [9.17, 15) is 9.90 Å². The lowest BCUT2D eigenvalue weighted by Crippen LogP contribution is -2.34. The number of allylic oxidation sites excluding steroid dienone is 2. The predicted octanol–water partition coefficient (Wildman–Crippen LogP) is 2.82. The van der Waals surface area contributed by atoms with E-state index in [1.54, 1.807) is 9.36 Å². The molecule has 28 heavy (non-hydrogen) atoms. The van der Waals surface area contributed by atoms with Crippen LogP contribution in [-0.2, 0) is 11.2 Å². The SMILES string of the molecule is CC(c1cn(-c2ccccc2)nn1)n1cc(CC2(C(=O)O)CC=CCC2)nn1. The van der Waals surface area contributed by atoms with E-state index in [1.165, 1.54) is 0 Å². The van der Waals surface area contributed by atoms with E-state index >= 15 is 0 Å². The summed E-state index contributed by atoms with van der Waals surface area (Å²) in [5.74, 6) is -0.773.